The molecule has 8 heteroatoms. The van der Waals surface area contributed by atoms with Gasteiger partial charge in [-0.25, -0.2) is 8.42 Å². The van der Waals surface area contributed by atoms with Crippen molar-refractivity contribution in [2.45, 2.75) is 11.8 Å². The Hall–Kier alpha value is -1.41. The first kappa shape index (κ1) is 18.9. The molecule has 0 heterocycles. The Morgan fingerprint density at radius 2 is 1.83 bits per heavy atom. The van der Waals surface area contributed by atoms with Crippen LogP contribution in [0, 0.1) is 6.92 Å². The molecule has 2 rings (SSSR count). The highest BCUT2D eigenvalue weighted by atomic mass is 79.9. The fraction of sp³-hybridized carbons (Fsp3) is 0.188. The topological polar surface area (TPSA) is 66.5 Å². The van der Waals surface area contributed by atoms with E-state index in [1.807, 2.05) is 19.1 Å². The van der Waals surface area contributed by atoms with E-state index in [2.05, 4.69) is 21.2 Å². The number of carbonyl (C=O) groups is 1. The SMILES string of the molecule is Cc1ccc(NC(=O)CN(C)S(=O)(=O)c2ccc(Br)cc2Cl)cc1. The summed E-state index contributed by atoms with van der Waals surface area (Å²) in [5.41, 5.74) is 1.68. The number of hydrogen-bond donors (Lipinski definition) is 1. The van der Waals surface area contributed by atoms with E-state index in [-0.39, 0.29) is 16.5 Å². The van der Waals surface area contributed by atoms with Crippen molar-refractivity contribution < 1.29 is 13.2 Å². The van der Waals surface area contributed by atoms with Gasteiger partial charge in [0.1, 0.15) is 4.90 Å². The third-order valence-corrected chi connectivity index (χ3v) is 6.06. The summed E-state index contributed by atoms with van der Waals surface area (Å²) < 4.78 is 26.7. The number of benzene rings is 2. The molecular weight excluding hydrogens is 416 g/mol. The number of hydrogen-bond acceptors (Lipinski definition) is 3. The Kier molecular flexibility index (Phi) is 6.03. The number of anilines is 1. The molecule has 0 aliphatic heterocycles. The maximum absolute atomic E-state index is 12.5. The van der Waals surface area contributed by atoms with E-state index < -0.39 is 15.9 Å². The lowest BCUT2D eigenvalue weighted by atomic mass is 10.2. The fourth-order valence-electron chi connectivity index (χ4n) is 1.98. The van der Waals surface area contributed by atoms with Gasteiger partial charge in [-0.3, -0.25) is 4.79 Å². The van der Waals surface area contributed by atoms with Crippen LogP contribution in [-0.4, -0.2) is 32.2 Å². The number of amides is 1. The van der Waals surface area contributed by atoms with Gasteiger partial charge in [0.25, 0.3) is 0 Å². The van der Waals surface area contributed by atoms with Gasteiger partial charge in [0.15, 0.2) is 0 Å². The third kappa shape index (κ3) is 4.57. The number of nitrogens with one attached hydrogen (secondary N) is 1. The van der Waals surface area contributed by atoms with Crippen molar-refractivity contribution >= 4 is 49.1 Å². The number of halogens is 2. The minimum atomic E-state index is -3.86. The van der Waals surface area contributed by atoms with E-state index in [0.29, 0.717) is 10.2 Å². The molecular formula is C16H16BrClN2O3S. The molecule has 0 saturated carbocycles. The minimum Gasteiger partial charge on any atom is -0.325 e. The average molecular weight is 432 g/mol. The van der Waals surface area contributed by atoms with Crippen molar-refractivity contribution in [2.24, 2.45) is 0 Å². The first-order valence-corrected chi connectivity index (χ1v) is 9.59. The standard InChI is InChI=1S/C16H16BrClN2O3S/c1-11-3-6-13(7-4-11)19-16(21)10-20(2)24(22,23)15-8-5-12(17)9-14(15)18/h3-9H,10H2,1-2H3,(H,19,21). The molecule has 128 valence electrons. The van der Waals surface area contributed by atoms with Crippen molar-refractivity contribution in [3.63, 3.8) is 0 Å². The van der Waals surface area contributed by atoms with Gasteiger partial charge in [0, 0.05) is 17.2 Å². The Morgan fingerprint density at radius 3 is 2.42 bits per heavy atom. The molecule has 5 nitrogen and oxygen atoms in total. The van der Waals surface area contributed by atoms with Gasteiger partial charge < -0.3 is 5.32 Å². The van der Waals surface area contributed by atoms with Gasteiger partial charge in [-0.2, -0.15) is 4.31 Å². The van der Waals surface area contributed by atoms with Crippen molar-refractivity contribution in [3.05, 3.63) is 57.5 Å². The Labute approximate surface area is 154 Å². The lowest BCUT2D eigenvalue weighted by Crippen LogP contribution is -2.35. The zero-order valence-corrected chi connectivity index (χ0v) is 16.2. The van der Waals surface area contributed by atoms with Crippen LogP contribution >= 0.6 is 27.5 Å². The van der Waals surface area contributed by atoms with Crippen LogP contribution in [-0.2, 0) is 14.8 Å². The van der Waals surface area contributed by atoms with E-state index in [0.717, 1.165) is 9.87 Å². The van der Waals surface area contributed by atoms with Gasteiger partial charge >= 0.3 is 0 Å². The van der Waals surface area contributed by atoms with Gasteiger partial charge in [0.2, 0.25) is 15.9 Å². The second-order valence-electron chi connectivity index (χ2n) is 5.25. The van der Waals surface area contributed by atoms with Crippen LogP contribution in [0.15, 0.2) is 51.8 Å². The first-order valence-electron chi connectivity index (χ1n) is 6.98. The maximum atomic E-state index is 12.5. The summed E-state index contributed by atoms with van der Waals surface area (Å²) in [6.07, 6.45) is 0. The molecule has 2 aromatic carbocycles. The van der Waals surface area contributed by atoms with Crippen molar-refractivity contribution in [1.82, 2.24) is 4.31 Å². The zero-order valence-electron chi connectivity index (χ0n) is 13.1. The van der Waals surface area contributed by atoms with E-state index in [1.165, 1.54) is 19.2 Å². The van der Waals surface area contributed by atoms with Crippen LogP contribution in [0.5, 0.6) is 0 Å². The van der Waals surface area contributed by atoms with Gasteiger partial charge in [-0.15, -0.1) is 0 Å². The molecule has 0 spiro atoms. The summed E-state index contributed by atoms with van der Waals surface area (Å²) in [6, 6.07) is 11.7. The molecule has 0 atom stereocenters. The molecule has 0 saturated heterocycles. The molecule has 24 heavy (non-hydrogen) atoms. The summed E-state index contributed by atoms with van der Waals surface area (Å²) in [5, 5.41) is 2.75. The van der Waals surface area contributed by atoms with Crippen LogP contribution in [0.4, 0.5) is 5.69 Å². The third-order valence-electron chi connectivity index (χ3n) is 3.28. The summed E-state index contributed by atoms with van der Waals surface area (Å²) in [7, 11) is -2.53. The molecule has 1 N–H and O–H groups in total. The second-order valence-corrected chi connectivity index (χ2v) is 8.59. The Morgan fingerprint density at radius 1 is 1.21 bits per heavy atom. The Bertz CT molecular complexity index is 854. The van der Waals surface area contributed by atoms with Gasteiger partial charge in [0.05, 0.1) is 11.6 Å². The van der Waals surface area contributed by atoms with Gasteiger partial charge in [-0.05, 0) is 37.3 Å². The van der Waals surface area contributed by atoms with Gasteiger partial charge in [-0.1, -0.05) is 45.2 Å². The minimum absolute atomic E-state index is 0.0435. The lowest BCUT2D eigenvalue weighted by molar-refractivity contribution is -0.116. The smallest absolute Gasteiger partial charge is 0.244 e. The number of nitrogens with zero attached hydrogens (tertiary/aromatic N) is 1. The number of aryl methyl sites for hydroxylation is 1. The molecule has 0 unspecified atom stereocenters. The summed E-state index contributed by atoms with van der Waals surface area (Å²) in [4.78, 5) is 12.0. The van der Waals surface area contributed by atoms with Crippen molar-refractivity contribution in [1.29, 1.82) is 0 Å². The average Bonchev–Trinajstić information content (AvgIpc) is 2.49. The van der Waals surface area contributed by atoms with Crippen LogP contribution in [0.25, 0.3) is 0 Å². The molecule has 2 aromatic rings. The highest BCUT2D eigenvalue weighted by Gasteiger charge is 2.25. The summed E-state index contributed by atoms with van der Waals surface area (Å²) >= 11 is 9.23. The molecule has 0 fully saturated rings. The van der Waals surface area contributed by atoms with Crippen LogP contribution in [0.1, 0.15) is 5.56 Å². The highest BCUT2D eigenvalue weighted by Crippen LogP contribution is 2.27. The first-order chi connectivity index (χ1) is 11.2. The summed E-state index contributed by atoms with van der Waals surface area (Å²) in [6.45, 7) is 1.62. The summed E-state index contributed by atoms with van der Waals surface area (Å²) in [5.74, 6) is -0.432. The molecule has 0 radical (unpaired) electrons. The molecule has 0 bridgehead atoms. The van der Waals surface area contributed by atoms with E-state index in [1.54, 1.807) is 18.2 Å². The molecule has 1 amide bonds. The highest BCUT2D eigenvalue weighted by molar-refractivity contribution is 9.10. The zero-order chi connectivity index (χ0) is 17.9. The number of sulfonamides is 1. The lowest BCUT2D eigenvalue weighted by Gasteiger charge is -2.18. The predicted molar refractivity (Wildman–Crippen MR) is 98.8 cm³/mol. The largest absolute Gasteiger partial charge is 0.325 e. The van der Waals surface area contributed by atoms with E-state index in [9.17, 15) is 13.2 Å². The van der Waals surface area contributed by atoms with E-state index >= 15 is 0 Å². The quantitative estimate of drug-likeness (QED) is 0.785. The molecule has 0 aliphatic carbocycles. The normalized spacial score (nSPS) is 11.5. The number of rotatable bonds is 5. The molecule has 0 aromatic heterocycles. The predicted octanol–water partition coefficient (Wildman–Crippen LogP) is 3.67. The van der Waals surface area contributed by atoms with Crippen LogP contribution in [0.3, 0.4) is 0 Å². The second kappa shape index (κ2) is 7.65. The van der Waals surface area contributed by atoms with Crippen LogP contribution in [0.2, 0.25) is 5.02 Å². The van der Waals surface area contributed by atoms with E-state index in [4.69, 9.17) is 11.6 Å². The number of likely N-dealkylation sites (N-methyl/N-ethyl adjacent to an activating group) is 1. The van der Waals surface area contributed by atoms with Crippen molar-refractivity contribution in [2.75, 3.05) is 18.9 Å². The maximum Gasteiger partial charge on any atom is 0.244 e. The monoisotopic (exact) mass is 430 g/mol. The molecule has 0 aliphatic rings. The number of carbonyl (C=O) groups excluding carboxylic acids is 1. The van der Waals surface area contributed by atoms with Crippen LogP contribution < -0.4 is 5.32 Å². The fourth-order valence-corrected chi connectivity index (χ4v) is 4.11. The Balaban J connectivity index is 2.11. The van der Waals surface area contributed by atoms with Crippen molar-refractivity contribution in [3.8, 4) is 0 Å².